The van der Waals surface area contributed by atoms with Crippen LogP contribution >= 0.6 is 0 Å². The Labute approximate surface area is 63.6 Å². The summed E-state index contributed by atoms with van der Waals surface area (Å²) in [6.45, 7) is 6.06. The Morgan fingerprint density at radius 1 is 1.60 bits per heavy atom. The molecule has 1 fully saturated rings. The molecule has 0 radical (unpaired) electrons. The lowest BCUT2D eigenvalue weighted by molar-refractivity contribution is 0.330. The molecule has 1 saturated heterocycles. The van der Waals surface area contributed by atoms with E-state index >= 15 is 0 Å². The molecule has 1 atom stereocenters. The average Bonchev–Trinajstić information content (AvgIpc) is 2.37. The fourth-order valence-corrected chi connectivity index (χ4v) is 1.59. The minimum atomic E-state index is 0.756. The van der Waals surface area contributed by atoms with Gasteiger partial charge in [-0.2, -0.15) is 0 Å². The number of likely N-dealkylation sites (tertiary alicyclic amines) is 1. The van der Waals surface area contributed by atoms with Crippen LogP contribution in [0.5, 0.6) is 0 Å². The molecule has 60 valence electrons. The Hall–Kier alpha value is -0.0800. The van der Waals surface area contributed by atoms with Crippen LogP contribution in [0, 0.1) is 0 Å². The first kappa shape index (κ1) is 8.02. The van der Waals surface area contributed by atoms with Crippen molar-refractivity contribution in [1.29, 1.82) is 0 Å². The van der Waals surface area contributed by atoms with Gasteiger partial charge in [-0.3, -0.25) is 0 Å². The van der Waals surface area contributed by atoms with Crippen molar-refractivity contribution in [2.75, 3.05) is 26.7 Å². The molecule has 1 N–H and O–H groups in total. The number of hydrogen-bond donors (Lipinski definition) is 1. The highest BCUT2D eigenvalue weighted by molar-refractivity contribution is 4.78. The van der Waals surface area contributed by atoms with E-state index in [0.29, 0.717) is 0 Å². The standard InChI is InChI=1S/C8H18N2/c1-3-5-10-6-4-8(7-10)9-2/h8-9H,3-7H2,1-2H3/t8-/m1/s1. The van der Waals surface area contributed by atoms with Crippen molar-refractivity contribution in [1.82, 2.24) is 10.2 Å². The zero-order valence-corrected chi connectivity index (χ0v) is 7.06. The number of rotatable bonds is 3. The summed E-state index contributed by atoms with van der Waals surface area (Å²) in [4.78, 5) is 2.53. The van der Waals surface area contributed by atoms with Crippen molar-refractivity contribution < 1.29 is 0 Å². The van der Waals surface area contributed by atoms with Gasteiger partial charge in [0, 0.05) is 12.6 Å². The van der Waals surface area contributed by atoms with Gasteiger partial charge in [-0.25, -0.2) is 0 Å². The van der Waals surface area contributed by atoms with Gasteiger partial charge in [-0.15, -0.1) is 0 Å². The summed E-state index contributed by atoms with van der Waals surface area (Å²) in [6, 6.07) is 0.756. The van der Waals surface area contributed by atoms with Crippen molar-refractivity contribution in [2.45, 2.75) is 25.8 Å². The van der Waals surface area contributed by atoms with Crippen molar-refractivity contribution >= 4 is 0 Å². The van der Waals surface area contributed by atoms with Gasteiger partial charge in [0.2, 0.25) is 0 Å². The summed E-state index contributed by atoms with van der Waals surface area (Å²) < 4.78 is 0. The van der Waals surface area contributed by atoms with Gasteiger partial charge in [-0.1, -0.05) is 6.92 Å². The first-order valence-corrected chi connectivity index (χ1v) is 4.26. The molecule has 0 unspecified atom stereocenters. The molecule has 2 nitrogen and oxygen atoms in total. The van der Waals surface area contributed by atoms with Crippen molar-refractivity contribution in [3.8, 4) is 0 Å². The van der Waals surface area contributed by atoms with Gasteiger partial charge in [0.15, 0.2) is 0 Å². The monoisotopic (exact) mass is 142 g/mol. The summed E-state index contributed by atoms with van der Waals surface area (Å²) in [6.07, 6.45) is 2.62. The molecule has 0 aromatic heterocycles. The fourth-order valence-electron chi connectivity index (χ4n) is 1.59. The van der Waals surface area contributed by atoms with Crippen LogP contribution in [-0.2, 0) is 0 Å². The molecule has 0 bridgehead atoms. The molecule has 0 aromatic carbocycles. The van der Waals surface area contributed by atoms with Gasteiger partial charge in [0.1, 0.15) is 0 Å². The largest absolute Gasteiger partial charge is 0.316 e. The predicted octanol–water partition coefficient (Wildman–Crippen LogP) is 0.690. The Kier molecular flexibility index (Phi) is 3.16. The normalized spacial score (nSPS) is 27.6. The number of nitrogens with one attached hydrogen (secondary N) is 1. The van der Waals surface area contributed by atoms with Gasteiger partial charge >= 0.3 is 0 Å². The summed E-state index contributed by atoms with van der Waals surface area (Å²) in [5.41, 5.74) is 0. The lowest BCUT2D eigenvalue weighted by atomic mass is 10.3. The first-order valence-electron chi connectivity index (χ1n) is 4.26. The van der Waals surface area contributed by atoms with Crippen molar-refractivity contribution in [2.24, 2.45) is 0 Å². The summed E-state index contributed by atoms with van der Waals surface area (Å²) in [5.74, 6) is 0. The van der Waals surface area contributed by atoms with E-state index in [2.05, 4.69) is 24.2 Å². The Balaban J connectivity index is 2.15. The highest BCUT2D eigenvalue weighted by Crippen LogP contribution is 2.07. The van der Waals surface area contributed by atoms with E-state index in [9.17, 15) is 0 Å². The molecule has 0 spiro atoms. The smallest absolute Gasteiger partial charge is 0.0204 e. The third-order valence-electron chi connectivity index (χ3n) is 2.22. The minimum Gasteiger partial charge on any atom is -0.316 e. The maximum absolute atomic E-state index is 3.31. The average molecular weight is 142 g/mol. The topological polar surface area (TPSA) is 15.3 Å². The second-order valence-corrected chi connectivity index (χ2v) is 3.07. The maximum Gasteiger partial charge on any atom is 0.0204 e. The molecule has 0 saturated carbocycles. The summed E-state index contributed by atoms with van der Waals surface area (Å²) in [7, 11) is 2.06. The number of likely N-dealkylation sites (N-methyl/N-ethyl adjacent to an activating group) is 1. The summed E-state index contributed by atoms with van der Waals surface area (Å²) >= 11 is 0. The Bertz CT molecular complexity index is 93.3. The Morgan fingerprint density at radius 2 is 2.40 bits per heavy atom. The van der Waals surface area contributed by atoms with E-state index in [1.165, 1.54) is 32.5 Å². The molecule has 1 aliphatic rings. The molecule has 1 heterocycles. The minimum absolute atomic E-state index is 0.756. The van der Waals surface area contributed by atoms with Gasteiger partial charge in [0.05, 0.1) is 0 Å². The van der Waals surface area contributed by atoms with Crippen molar-refractivity contribution in [3.05, 3.63) is 0 Å². The summed E-state index contributed by atoms with van der Waals surface area (Å²) in [5, 5.41) is 3.31. The van der Waals surface area contributed by atoms with E-state index in [0.717, 1.165) is 6.04 Å². The molecule has 1 aliphatic heterocycles. The van der Waals surface area contributed by atoms with E-state index in [-0.39, 0.29) is 0 Å². The first-order chi connectivity index (χ1) is 4.86. The SMILES string of the molecule is CCCN1CC[C@@H](NC)C1. The van der Waals surface area contributed by atoms with Gasteiger partial charge in [-0.05, 0) is 33.0 Å². The fraction of sp³-hybridized carbons (Fsp3) is 1.00. The van der Waals surface area contributed by atoms with Gasteiger partial charge in [0.25, 0.3) is 0 Å². The maximum atomic E-state index is 3.31. The number of hydrogen-bond acceptors (Lipinski definition) is 2. The molecule has 2 heteroatoms. The second-order valence-electron chi connectivity index (χ2n) is 3.07. The van der Waals surface area contributed by atoms with E-state index in [1.807, 2.05) is 0 Å². The zero-order chi connectivity index (χ0) is 7.40. The van der Waals surface area contributed by atoms with E-state index in [4.69, 9.17) is 0 Å². The second kappa shape index (κ2) is 3.94. The molecule has 1 rings (SSSR count). The molecule has 0 amide bonds. The van der Waals surface area contributed by atoms with Crippen LogP contribution in [0.2, 0.25) is 0 Å². The van der Waals surface area contributed by atoms with Crippen LogP contribution in [0.4, 0.5) is 0 Å². The van der Waals surface area contributed by atoms with E-state index in [1.54, 1.807) is 0 Å². The van der Waals surface area contributed by atoms with Crippen LogP contribution in [0.25, 0.3) is 0 Å². The van der Waals surface area contributed by atoms with E-state index < -0.39 is 0 Å². The molecule has 0 aliphatic carbocycles. The van der Waals surface area contributed by atoms with Crippen LogP contribution in [0.3, 0.4) is 0 Å². The predicted molar refractivity (Wildman–Crippen MR) is 44.2 cm³/mol. The van der Waals surface area contributed by atoms with Crippen LogP contribution in [0.15, 0.2) is 0 Å². The lowest BCUT2D eigenvalue weighted by Crippen LogP contribution is -2.29. The quantitative estimate of drug-likeness (QED) is 0.623. The molecular formula is C8H18N2. The highest BCUT2D eigenvalue weighted by atomic mass is 15.2. The molecule has 0 aromatic rings. The number of nitrogens with zero attached hydrogens (tertiary/aromatic N) is 1. The zero-order valence-electron chi connectivity index (χ0n) is 7.06. The Morgan fingerprint density at radius 3 is 2.90 bits per heavy atom. The third kappa shape index (κ3) is 1.96. The van der Waals surface area contributed by atoms with Crippen LogP contribution in [0.1, 0.15) is 19.8 Å². The van der Waals surface area contributed by atoms with Crippen LogP contribution < -0.4 is 5.32 Å². The molecule has 10 heavy (non-hydrogen) atoms. The van der Waals surface area contributed by atoms with Crippen LogP contribution in [-0.4, -0.2) is 37.6 Å². The lowest BCUT2D eigenvalue weighted by Gasteiger charge is -2.13. The third-order valence-corrected chi connectivity index (χ3v) is 2.22. The highest BCUT2D eigenvalue weighted by Gasteiger charge is 2.19. The van der Waals surface area contributed by atoms with Crippen molar-refractivity contribution in [3.63, 3.8) is 0 Å². The van der Waals surface area contributed by atoms with Gasteiger partial charge < -0.3 is 10.2 Å². The molecular weight excluding hydrogens is 124 g/mol.